The van der Waals surface area contributed by atoms with Crippen LogP contribution in [0.15, 0.2) is 24.3 Å². The minimum Gasteiger partial charge on any atom is -0.462 e. The number of anilines is 1. The Morgan fingerprint density at radius 3 is 2.86 bits per heavy atom. The van der Waals surface area contributed by atoms with Crippen LogP contribution in [0, 0.1) is 0 Å². The van der Waals surface area contributed by atoms with Crippen LogP contribution in [0.25, 0.3) is 0 Å². The van der Waals surface area contributed by atoms with Gasteiger partial charge >= 0.3 is 5.97 Å². The predicted octanol–water partition coefficient (Wildman–Crippen LogP) is 2.76. The largest absolute Gasteiger partial charge is 0.462 e. The van der Waals surface area contributed by atoms with Gasteiger partial charge in [-0.2, -0.15) is 0 Å². The Kier molecular flexibility index (Phi) is 5.75. The molecule has 0 saturated carbocycles. The average molecular weight is 291 g/mol. The molecule has 21 heavy (non-hydrogen) atoms. The fourth-order valence-corrected chi connectivity index (χ4v) is 2.36. The second kappa shape index (κ2) is 7.78. The Morgan fingerprint density at radius 1 is 1.33 bits per heavy atom. The maximum atomic E-state index is 12.1. The van der Waals surface area contributed by atoms with Gasteiger partial charge in [0.25, 0.3) is 0 Å². The van der Waals surface area contributed by atoms with Crippen LogP contribution >= 0.6 is 0 Å². The monoisotopic (exact) mass is 291 g/mol. The zero-order valence-electron chi connectivity index (χ0n) is 12.3. The van der Waals surface area contributed by atoms with Crippen LogP contribution in [-0.2, 0) is 14.3 Å². The van der Waals surface area contributed by atoms with Crippen molar-refractivity contribution in [1.82, 2.24) is 0 Å². The van der Waals surface area contributed by atoms with Gasteiger partial charge in [-0.05, 0) is 38.3 Å². The van der Waals surface area contributed by atoms with Crippen LogP contribution in [-0.4, -0.2) is 31.2 Å². The van der Waals surface area contributed by atoms with Gasteiger partial charge in [-0.3, -0.25) is 4.79 Å². The summed E-state index contributed by atoms with van der Waals surface area (Å²) >= 11 is 0. The highest BCUT2D eigenvalue weighted by Crippen LogP contribution is 2.19. The Balaban J connectivity index is 1.98. The van der Waals surface area contributed by atoms with Crippen LogP contribution in [0.3, 0.4) is 0 Å². The van der Waals surface area contributed by atoms with Gasteiger partial charge in [-0.25, -0.2) is 4.79 Å². The second-order valence-corrected chi connectivity index (χ2v) is 5.01. The van der Waals surface area contributed by atoms with Crippen molar-refractivity contribution >= 4 is 17.6 Å². The number of carbonyl (C=O) groups excluding carboxylic acids is 2. The summed E-state index contributed by atoms with van der Waals surface area (Å²) in [6.45, 7) is 2.77. The molecule has 1 fully saturated rings. The van der Waals surface area contributed by atoms with Gasteiger partial charge < -0.3 is 14.8 Å². The molecule has 0 spiro atoms. The summed E-state index contributed by atoms with van der Waals surface area (Å²) < 4.78 is 10.5. The van der Waals surface area contributed by atoms with E-state index in [-0.39, 0.29) is 12.0 Å². The summed E-state index contributed by atoms with van der Waals surface area (Å²) in [4.78, 5) is 23.9. The van der Waals surface area contributed by atoms with Gasteiger partial charge in [-0.1, -0.05) is 12.1 Å². The van der Waals surface area contributed by atoms with Crippen molar-refractivity contribution < 1.29 is 19.1 Å². The number of esters is 1. The summed E-state index contributed by atoms with van der Waals surface area (Å²) in [6, 6.07) is 6.86. The molecular weight excluding hydrogens is 270 g/mol. The number of hydrogen-bond donors (Lipinski definition) is 1. The van der Waals surface area contributed by atoms with E-state index in [9.17, 15) is 9.59 Å². The van der Waals surface area contributed by atoms with Gasteiger partial charge in [0.15, 0.2) is 0 Å². The molecule has 5 heteroatoms. The van der Waals surface area contributed by atoms with E-state index < -0.39 is 5.97 Å². The average Bonchev–Trinajstić information content (AvgIpc) is 2.49. The van der Waals surface area contributed by atoms with Crippen molar-refractivity contribution in [3.8, 4) is 0 Å². The molecule has 1 heterocycles. The van der Waals surface area contributed by atoms with Crippen LogP contribution in [0.1, 0.15) is 43.0 Å². The zero-order chi connectivity index (χ0) is 15.1. The fraction of sp³-hybridized carbons (Fsp3) is 0.500. The van der Waals surface area contributed by atoms with Crippen molar-refractivity contribution in [3.63, 3.8) is 0 Å². The van der Waals surface area contributed by atoms with Gasteiger partial charge in [0.05, 0.1) is 30.4 Å². The molecule has 0 aromatic heterocycles. The molecule has 1 aliphatic rings. The summed E-state index contributed by atoms with van der Waals surface area (Å²) in [5, 5.41) is 2.78. The topological polar surface area (TPSA) is 64.6 Å². The lowest BCUT2D eigenvalue weighted by Gasteiger charge is -2.22. The third kappa shape index (κ3) is 4.56. The summed E-state index contributed by atoms with van der Waals surface area (Å²) in [6.07, 6.45) is 3.36. The Bertz CT molecular complexity index is 495. The summed E-state index contributed by atoms with van der Waals surface area (Å²) in [5.74, 6) is -0.569. The van der Waals surface area contributed by atoms with Gasteiger partial charge in [-0.15, -0.1) is 0 Å². The molecule has 1 saturated heterocycles. The first kappa shape index (κ1) is 15.5. The number of amides is 1. The van der Waals surface area contributed by atoms with Gasteiger partial charge in [0.1, 0.15) is 0 Å². The van der Waals surface area contributed by atoms with E-state index in [1.165, 1.54) is 0 Å². The van der Waals surface area contributed by atoms with Crippen LogP contribution < -0.4 is 5.32 Å². The van der Waals surface area contributed by atoms with E-state index in [4.69, 9.17) is 9.47 Å². The zero-order valence-corrected chi connectivity index (χ0v) is 12.3. The highest BCUT2D eigenvalue weighted by molar-refractivity contribution is 6.01. The molecule has 1 aliphatic heterocycles. The van der Waals surface area contributed by atoms with Crippen LogP contribution in [0.4, 0.5) is 5.69 Å². The molecular formula is C16H21NO4. The molecule has 1 atom stereocenters. The molecule has 114 valence electrons. The normalized spacial score (nSPS) is 18.0. The SMILES string of the molecule is CCOC(=O)c1ccccc1NC(=O)CC1CCCCO1. The van der Waals surface area contributed by atoms with Crippen molar-refractivity contribution in [2.45, 2.75) is 38.7 Å². The molecule has 1 aromatic carbocycles. The summed E-state index contributed by atoms with van der Waals surface area (Å²) in [5.41, 5.74) is 0.856. The third-order valence-electron chi connectivity index (χ3n) is 3.38. The molecule has 0 radical (unpaired) electrons. The van der Waals surface area contributed by atoms with E-state index in [0.717, 1.165) is 25.9 Å². The highest BCUT2D eigenvalue weighted by Gasteiger charge is 2.19. The number of hydrogen-bond acceptors (Lipinski definition) is 4. The molecule has 1 N–H and O–H groups in total. The van der Waals surface area contributed by atoms with E-state index in [0.29, 0.717) is 24.3 Å². The summed E-state index contributed by atoms with van der Waals surface area (Å²) in [7, 11) is 0. The van der Waals surface area contributed by atoms with Crippen LogP contribution in [0.2, 0.25) is 0 Å². The Morgan fingerprint density at radius 2 is 2.14 bits per heavy atom. The number of para-hydroxylation sites is 1. The Labute approximate surface area is 124 Å². The molecule has 1 unspecified atom stereocenters. The van der Waals surface area contributed by atoms with E-state index in [1.54, 1.807) is 31.2 Å². The van der Waals surface area contributed by atoms with E-state index in [2.05, 4.69) is 5.32 Å². The maximum absolute atomic E-state index is 12.1. The maximum Gasteiger partial charge on any atom is 0.340 e. The molecule has 5 nitrogen and oxygen atoms in total. The number of ether oxygens (including phenoxy) is 2. The Hall–Kier alpha value is -1.88. The smallest absolute Gasteiger partial charge is 0.340 e. The predicted molar refractivity (Wildman–Crippen MR) is 79.2 cm³/mol. The number of benzene rings is 1. The number of carbonyl (C=O) groups is 2. The number of nitrogens with one attached hydrogen (secondary N) is 1. The first-order chi connectivity index (χ1) is 10.2. The first-order valence-electron chi connectivity index (χ1n) is 7.38. The van der Waals surface area contributed by atoms with Crippen molar-refractivity contribution in [1.29, 1.82) is 0 Å². The highest BCUT2D eigenvalue weighted by atomic mass is 16.5. The lowest BCUT2D eigenvalue weighted by Crippen LogP contribution is -2.26. The molecule has 2 rings (SSSR count). The standard InChI is InChI=1S/C16H21NO4/c1-2-20-16(19)13-8-3-4-9-14(13)17-15(18)11-12-7-5-6-10-21-12/h3-4,8-9,12H,2,5-7,10-11H2,1H3,(H,17,18). The quantitative estimate of drug-likeness (QED) is 0.847. The molecule has 1 aromatic rings. The van der Waals surface area contributed by atoms with Gasteiger partial charge in [0, 0.05) is 6.61 Å². The first-order valence-corrected chi connectivity index (χ1v) is 7.38. The lowest BCUT2D eigenvalue weighted by molar-refractivity contribution is -0.119. The van der Waals surface area contributed by atoms with Crippen molar-refractivity contribution in [3.05, 3.63) is 29.8 Å². The third-order valence-corrected chi connectivity index (χ3v) is 3.38. The minimum atomic E-state index is -0.428. The van der Waals surface area contributed by atoms with Gasteiger partial charge in [0.2, 0.25) is 5.91 Å². The second-order valence-electron chi connectivity index (χ2n) is 5.01. The lowest BCUT2D eigenvalue weighted by atomic mass is 10.1. The fourth-order valence-electron chi connectivity index (χ4n) is 2.36. The molecule has 0 aliphatic carbocycles. The molecule has 1 amide bonds. The van der Waals surface area contributed by atoms with Crippen LogP contribution in [0.5, 0.6) is 0 Å². The minimum absolute atomic E-state index is 0.0199. The van der Waals surface area contributed by atoms with E-state index >= 15 is 0 Å². The molecule has 0 bridgehead atoms. The van der Waals surface area contributed by atoms with E-state index in [1.807, 2.05) is 0 Å². The number of rotatable bonds is 5. The van der Waals surface area contributed by atoms with Crippen molar-refractivity contribution in [2.24, 2.45) is 0 Å². The van der Waals surface area contributed by atoms with Crippen molar-refractivity contribution in [2.75, 3.05) is 18.5 Å².